The second-order valence-electron chi connectivity index (χ2n) is 4.39. The summed E-state index contributed by atoms with van der Waals surface area (Å²) in [7, 11) is 0.637. The van der Waals surface area contributed by atoms with E-state index in [9.17, 15) is 14.1 Å². The minimum absolute atomic E-state index is 0.0248. The Balaban J connectivity index is 2.89. The van der Waals surface area contributed by atoms with Gasteiger partial charge in [0, 0.05) is 42.1 Å². The number of nitrogens with zero attached hydrogens (tertiary/aromatic N) is 2. The third-order valence-electron chi connectivity index (χ3n) is 2.66. The predicted molar refractivity (Wildman–Crippen MR) is 71.1 cm³/mol. The highest BCUT2D eigenvalue weighted by atomic mass is 32.2. The van der Waals surface area contributed by atoms with Crippen molar-refractivity contribution in [1.82, 2.24) is 9.88 Å². The van der Waals surface area contributed by atoms with Gasteiger partial charge in [-0.3, -0.25) is 9.00 Å². The van der Waals surface area contributed by atoms with Crippen LogP contribution in [0.5, 0.6) is 5.75 Å². The van der Waals surface area contributed by atoms with Gasteiger partial charge in [0.05, 0.1) is 0 Å². The fourth-order valence-electron chi connectivity index (χ4n) is 1.54. The van der Waals surface area contributed by atoms with Crippen LogP contribution in [0, 0.1) is 6.92 Å². The van der Waals surface area contributed by atoms with Crippen molar-refractivity contribution in [3.63, 3.8) is 0 Å². The molecule has 5 nitrogen and oxygen atoms in total. The lowest BCUT2D eigenvalue weighted by atomic mass is 10.2. The number of carbonyl (C=O) groups excluding carboxylic acids is 1. The van der Waals surface area contributed by atoms with Crippen molar-refractivity contribution >= 4 is 16.7 Å². The monoisotopic (exact) mass is 270 g/mol. The van der Waals surface area contributed by atoms with Crippen LogP contribution in [-0.2, 0) is 10.8 Å². The Bertz CT molecular complexity index is 476. The number of aromatic nitrogens is 1. The number of amides is 1. The number of aromatic hydroxyl groups is 1. The van der Waals surface area contributed by atoms with E-state index in [1.54, 1.807) is 20.2 Å². The first kappa shape index (κ1) is 14.6. The highest BCUT2D eigenvalue weighted by Gasteiger charge is 2.22. The number of pyridine rings is 1. The molecule has 18 heavy (non-hydrogen) atoms. The lowest BCUT2D eigenvalue weighted by Gasteiger charge is -2.24. The molecule has 0 aliphatic heterocycles. The molecule has 1 rings (SSSR count). The maximum atomic E-state index is 12.1. The standard InChI is InChI=1S/C12H18N2O3S/c1-8-5-10(15)11(13-6-8)12(16)14(3)9(2)7-18(4)17/h5-6,9,15H,7H2,1-4H3. The molecule has 2 atom stereocenters. The Morgan fingerprint density at radius 3 is 2.72 bits per heavy atom. The van der Waals surface area contributed by atoms with E-state index >= 15 is 0 Å². The van der Waals surface area contributed by atoms with Gasteiger partial charge in [0.15, 0.2) is 5.69 Å². The zero-order valence-electron chi connectivity index (χ0n) is 11.0. The fourth-order valence-corrected chi connectivity index (χ4v) is 2.44. The van der Waals surface area contributed by atoms with Crippen LogP contribution >= 0.6 is 0 Å². The molecular formula is C12H18N2O3S. The van der Waals surface area contributed by atoms with Crippen LogP contribution in [0.1, 0.15) is 23.0 Å². The zero-order chi connectivity index (χ0) is 13.9. The molecule has 0 aromatic carbocycles. The Hall–Kier alpha value is -1.43. The van der Waals surface area contributed by atoms with E-state index in [4.69, 9.17) is 0 Å². The maximum absolute atomic E-state index is 12.1. The van der Waals surface area contributed by atoms with Crippen molar-refractivity contribution in [2.45, 2.75) is 19.9 Å². The molecule has 0 fully saturated rings. The molecule has 0 aliphatic rings. The van der Waals surface area contributed by atoms with Gasteiger partial charge in [0.2, 0.25) is 0 Å². The SMILES string of the molecule is Cc1cnc(C(=O)N(C)C(C)CS(C)=O)c(O)c1. The number of aryl methyl sites for hydroxylation is 1. The summed E-state index contributed by atoms with van der Waals surface area (Å²) < 4.78 is 11.1. The first-order valence-corrected chi connectivity index (χ1v) is 7.28. The lowest BCUT2D eigenvalue weighted by Crippen LogP contribution is -2.38. The molecule has 1 aromatic rings. The summed E-state index contributed by atoms with van der Waals surface area (Å²) in [4.78, 5) is 17.5. The molecule has 0 bridgehead atoms. The Kier molecular flexibility index (Phi) is 4.84. The molecule has 0 saturated heterocycles. The molecule has 1 aromatic heterocycles. The van der Waals surface area contributed by atoms with Crippen LogP contribution in [0.4, 0.5) is 0 Å². The first-order valence-electron chi connectivity index (χ1n) is 5.55. The molecule has 1 amide bonds. The molecular weight excluding hydrogens is 252 g/mol. The summed E-state index contributed by atoms with van der Waals surface area (Å²) >= 11 is 0. The van der Waals surface area contributed by atoms with Crippen molar-refractivity contribution in [1.29, 1.82) is 0 Å². The second-order valence-corrected chi connectivity index (χ2v) is 5.87. The van der Waals surface area contributed by atoms with Crippen molar-refractivity contribution < 1.29 is 14.1 Å². The van der Waals surface area contributed by atoms with Crippen molar-refractivity contribution in [3.8, 4) is 5.75 Å². The quantitative estimate of drug-likeness (QED) is 0.883. The van der Waals surface area contributed by atoms with Gasteiger partial charge in [-0.2, -0.15) is 0 Å². The minimum atomic E-state index is -0.975. The average Bonchev–Trinajstić information content (AvgIpc) is 2.26. The van der Waals surface area contributed by atoms with Gasteiger partial charge in [-0.25, -0.2) is 4.98 Å². The van der Waals surface area contributed by atoms with Crippen LogP contribution < -0.4 is 0 Å². The van der Waals surface area contributed by atoms with Crippen LogP contribution in [0.25, 0.3) is 0 Å². The Labute approximate surface area is 109 Å². The fraction of sp³-hybridized carbons (Fsp3) is 0.500. The highest BCUT2D eigenvalue weighted by molar-refractivity contribution is 7.84. The zero-order valence-corrected chi connectivity index (χ0v) is 11.8. The number of rotatable bonds is 4. The van der Waals surface area contributed by atoms with Gasteiger partial charge in [-0.05, 0) is 25.5 Å². The first-order chi connectivity index (χ1) is 8.32. The van der Waals surface area contributed by atoms with Gasteiger partial charge >= 0.3 is 0 Å². The van der Waals surface area contributed by atoms with E-state index in [0.29, 0.717) is 5.75 Å². The molecule has 0 saturated carbocycles. The van der Waals surface area contributed by atoms with E-state index in [-0.39, 0.29) is 23.4 Å². The van der Waals surface area contributed by atoms with Gasteiger partial charge in [-0.15, -0.1) is 0 Å². The molecule has 0 spiro atoms. The minimum Gasteiger partial charge on any atom is -0.505 e. The number of hydrogen-bond donors (Lipinski definition) is 1. The van der Waals surface area contributed by atoms with Crippen molar-refractivity contribution in [3.05, 3.63) is 23.5 Å². The van der Waals surface area contributed by atoms with E-state index in [1.807, 2.05) is 6.92 Å². The molecule has 1 heterocycles. The molecule has 0 aliphatic carbocycles. The predicted octanol–water partition coefficient (Wildman–Crippen LogP) is 0.935. The smallest absolute Gasteiger partial charge is 0.276 e. The van der Waals surface area contributed by atoms with Crippen molar-refractivity contribution in [2.75, 3.05) is 19.1 Å². The van der Waals surface area contributed by atoms with Crippen LogP contribution in [-0.4, -0.2) is 50.2 Å². The summed E-state index contributed by atoms with van der Waals surface area (Å²) in [5.74, 6) is -0.100. The van der Waals surface area contributed by atoms with E-state index in [0.717, 1.165) is 5.56 Å². The number of carbonyl (C=O) groups is 1. The average molecular weight is 270 g/mol. The third kappa shape index (κ3) is 3.53. The summed E-state index contributed by atoms with van der Waals surface area (Å²) in [5.41, 5.74) is 0.811. The molecule has 0 radical (unpaired) electrons. The van der Waals surface area contributed by atoms with Crippen LogP contribution in [0.15, 0.2) is 12.3 Å². The summed E-state index contributed by atoms with van der Waals surface area (Å²) in [6.45, 7) is 3.60. The molecule has 2 unspecified atom stereocenters. The normalized spacial score (nSPS) is 14.0. The number of hydrogen-bond acceptors (Lipinski definition) is 4. The van der Waals surface area contributed by atoms with E-state index < -0.39 is 10.8 Å². The summed E-state index contributed by atoms with van der Waals surface area (Å²) in [5, 5.41) is 9.70. The second kappa shape index (κ2) is 5.95. The van der Waals surface area contributed by atoms with Gasteiger partial charge in [0.25, 0.3) is 5.91 Å². The largest absolute Gasteiger partial charge is 0.505 e. The topological polar surface area (TPSA) is 70.5 Å². The van der Waals surface area contributed by atoms with Gasteiger partial charge in [0.1, 0.15) is 5.75 Å². The maximum Gasteiger partial charge on any atom is 0.276 e. The molecule has 6 heteroatoms. The Morgan fingerprint density at radius 1 is 1.61 bits per heavy atom. The van der Waals surface area contributed by atoms with Gasteiger partial charge < -0.3 is 10.0 Å². The van der Waals surface area contributed by atoms with E-state index in [1.165, 1.54) is 17.2 Å². The van der Waals surface area contributed by atoms with E-state index in [2.05, 4.69) is 4.98 Å². The van der Waals surface area contributed by atoms with Crippen molar-refractivity contribution in [2.24, 2.45) is 0 Å². The molecule has 100 valence electrons. The highest BCUT2D eigenvalue weighted by Crippen LogP contribution is 2.18. The van der Waals surface area contributed by atoms with Crippen LogP contribution in [0.3, 0.4) is 0 Å². The van der Waals surface area contributed by atoms with Gasteiger partial charge in [-0.1, -0.05) is 0 Å². The third-order valence-corrected chi connectivity index (χ3v) is 3.62. The lowest BCUT2D eigenvalue weighted by molar-refractivity contribution is 0.0748. The molecule has 1 N–H and O–H groups in total. The Morgan fingerprint density at radius 2 is 2.22 bits per heavy atom. The summed E-state index contributed by atoms with van der Waals surface area (Å²) in [6.07, 6.45) is 3.12. The van der Waals surface area contributed by atoms with Crippen LogP contribution in [0.2, 0.25) is 0 Å². The summed E-state index contributed by atoms with van der Waals surface area (Å²) in [6, 6.07) is 1.32.